The van der Waals surface area contributed by atoms with Gasteiger partial charge >= 0.3 is 0 Å². The maximum Gasteiger partial charge on any atom is 0.223 e. The van der Waals surface area contributed by atoms with E-state index in [-0.39, 0.29) is 5.82 Å². The van der Waals surface area contributed by atoms with Crippen molar-refractivity contribution in [2.24, 2.45) is 0 Å². The highest BCUT2D eigenvalue weighted by molar-refractivity contribution is 7.70. The summed E-state index contributed by atoms with van der Waals surface area (Å²) in [4.78, 5) is 12.9. The Morgan fingerprint density at radius 2 is 2.10 bits per heavy atom. The number of piperidine rings is 1. The monoisotopic (exact) mass is 427 g/mol. The molecule has 158 valence electrons. The minimum Gasteiger partial charge on any atom is -0.357 e. The highest BCUT2D eigenvalue weighted by Gasteiger charge is 2.26. The van der Waals surface area contributed by atoms with Gasteiger partial charge in [0.1, 0.15) is 13.0 Å². The third kappa shape index (κ3) is 3.54. The molecule has 1 fully saturated rings. The molecule has 1 aliphatic heterocycles. The number of rotatable bonds is 3. The van der Waals surface area contributed by atoms with E-state index in [4.69, 9.17) is 4.98 Å². The van der Waals surface area contributed by atoms with Gasteiger partial charge in [-0.3, -0.25) is 0 Å². The lowest BCUT2D eigenvalue weighted by Gasteiger charge is -2.24. The van der Waals surface area contributed by atoms with Crippen LogP contribution in [0.4, 0.5) is 10.3 Å². The molecular weight excluding hydrogens is 400 g/mol. The number of hydrogen-bond donors (Lipinski definition) is 3. The fraction of sp³-hybridized carbons (Fsp3) is 0.455. The second-order valence-electron chi connectivity index (χ2n) is 8.79. The van der Waals surface area contributed by atoms with E-state index in [1.807, 2.05) is 6.20 Å². The first-order chi connectivity index (χ1) is 14.4. The summed E-state index contributed by atoms with van der Waals surface area (Å²) in [6, 6.07) is 3.25. The summed E-state index contributed by atoms with van der Waals surface area (Å²) in [6.45, 7) is 5.32. The third-order valence-corrected chi connectivity index (χ3v) is 7.63. The third-order valence-electron chi connectivity index (χ3n) is 6.11. The average Bonchev–Trinajstić information content (AvgIpc) is 2.96. The number of nitrogens with zero attached hydrogens (tertiary/aromatic N) is 2. The number of anilines is 1. The van der Waals surface area contributed by atoms with Crippen LogP contribution in [0, 0.1) is 5.82 Å². The van der Waals surface area contributed by atoms with Crippen molar-refractivity contribution in [1.82, 2.24) is 20.3 Å². The molecule has 3 heterocycles. The summed E-state index contributed by atoms with van der Waals surface area (Å²) in [5, 5.41) is 8.18. The zero-order valence-electron chi connectivity index (χ0n) is 17.4. The first-order valence-corrected chi connectivity index (χ1v) is 13.2. The fourth-order valence-electron chi connectivity index (χ4n) is 4.67. The molecule has 1 aromatic carbocycles. The van der Waals surface area contributed by atoms with Crippen molar-refractivity contribution in [3.63, 3.8) is 0 Å². The van der Waals surface area contributed by atoms with Gasteiger partial charge in [0.25, 0.3) is 0 Å². The molecule has 1 aliphatic carbocycles. The summed E-state index contributed by atoms with van der Waals surface area (Å²) in [7, 11) is -2.65. The summed E-state index contributed by atoms with van der Waals surface area (Å²) in [5.41, 5.74) is 4.66. The van der Waals surface area contributed by atoms with Crippen LogP contribution in [0.1, 0.15) is 30.5 Å². The zero-order valence-corrected chi connectivity index (χ0v) is 18.3. The SMILES string of the molecule is CP(C)(=O)c1cc(F)cc2c3c([nH]c12)CCCc1cnc(N[C@H]2CCCNC2)nc1-3. The van der Waals surface area contributed by atoms with Gasteiger partial charge in [-0.1, -0.05) is 0 Å². The number of H-pyrrole nitrogens is 1. The molecule has 5 rings (SSSR count). The lowest BCUT2D eigenvalue weighted by molar-refractivity contribution is 0.478. The van der Waals surface area contributed by atoms with Crippen LogP contribution in [0.15, 0.2) is 18.3 Å². The number of fused-ring (bicyclic) bond motifs is 5. The maximum atomic E-state index is 14.6. The van der Waals surface area contributed by atoms with Gasteiger partial charge in [-0.15, -0.1) is 0 Å². The minimum atomic E-state index is -2.65. The number of aromatic nitrogens is 3. The smallest absolute Gasteiger partial charge is 0.223 e. The van der Waals surface area contributed by atoms with Crippen molar-refractivity contribution in [2.75, 3.05) is 31.7 Å². The number of benzene rings is 1. The van der Waals surface area contributed by atoms with E-state index in [1.165, 1.54) is 6.07 Å². The van der Waals surface area contributed by atoms with Crippen LogP contribution in [0.3, 0.4) is 0 Å². The second-order valence-corrected chi connectivity index (χ2v) is 12.0. The molecule has 1 saturated heterocycles. The molecule has 0 saturated carbocycles. The molecule has 30 heavy (non-hydrogen) atoms. The Kier molecular flexibility index (Phi) is 4.91. The molecule has 8 heteroatoms. The minimum absolute atomic E-state index is 0.306. The second kappa shape index (κ2) is 7.47. The lowest BCUT2D eigenvalue weighted by Crippen LogP contribution is -2.38. The zero-order chi connectivity index (χ0) is 20.9. The normalized spacial score (nSPS) is 19.2. The summed E-state index contributed by atoms with van der Waals surface area (Å²) < 4.78 is 27.4. The van der Waals surface area contributed by atoms with Gasteiger partial charge < -0.3 is 20.2 Å². The van der Waals surface area contributed by atoms with Gasteiger partial charge in [0.2, 0.25) is 5.95 Å². The van der Waals surface area contributed by atoms with E-state index in [1.54, 1.807) is 19.4 Å². The Morgan fingerprint density at radius 3 is 2.87 bits per heavy atom. The molecule has 0 unspecified atom stereocenters. The number of nitrogens with one attached hydrogen (secondary N) is 3. The first kappa shape index (κ1) is 19.7. The Bertz CT molecular complexity index is 1160. The molecule has 2 aromatic heterocycles. The molecule has 6 nitrogen and oxygen atoms in total. The van der Waals surface area contributed by atoms with Crippen molar-refractivity contribution in [3.05, 3.63) is 35.4 Å². The Balaban J connectivity index is 1.67. The van der Waals surface area contributed by atoms with Crippen molar-refractivity contribution in [2.45, 2.75) is 38.1 Å². The van der Waals surface area contributed by atoms with E-state index in [2.05, 4.69) is 20.6 Å². The predicted octanol–water partition coefficient (Wildman–Crippen LogP) is 3.66. The van der Waals surface area contributed by atoms with Gasteiger partial charge in [0.05, 0.1) is 11.2 Å². The highest BCUT2D eigenvalue weighted by Crippen LogP contribution is 2.42. The van der Waals surface area contributed by atoms with Crippen LogP contribution in [-0.2, 0) is 17.4 Å². The van der Waals surface area contributed by atoms with Crippen molar-refractivity contribution in [1.29, 1.82) is 0 Å². The fourth-order valence-corrected chi connectivity index (χ4v) is 5.82. The molecule has 0 amide bonds. The van der Waals surface area contributed by atoms with Crippen LogP contribution in [0.25, 0.3) is 22.2 Å². The van der Waals surface area contributed by atoms with Crippen LogP contribution in [0.5, 0.6) is 0 Å². The number of aromatic amines is 1. The molecule has 3 N–H and O–H groups in total. The molecule has 1 atom stereocenters. The quantitative estimate of drug-likeness (QED) is 0.556. The Hall–Kier alpha value is -2.24. The summed E-state index contributed by atoms with van der Waals surface area (Å²) in [6.07, 6.45) is 6.80. The van der Waals surface area contributed by atoms with Gasteiger partial charge in [0.15, 0.2) is 0 Å². The standard InChI is InChI=1S/C22H27FN5OP/c1-30(2,29)18-10-14(23)9-16-19-17(27-21(16)18)7-3-5-13-11-25-22(28-20(13)19)26-15-6-4-8-24-12-15/h9-11,15,24,27H,3-8,12H2,1-2H3,(H,25,26,28)/t15-/m0/s1. The number of hydrogen-bond acceptors (Lipinski definition) is 5. The molecule has 3 aromatic rings. The topological polar surface area (TPSA) is 82.7 Å². The van der Waals surface area contributed by atoms with Gasteiger partial charge in [-0.2, -0.15) is 0 Å². The number of aryl methyl sites for hydroxylation is 2. The van der Waals surface area contributed by atoms with Crippen molar-refractivity contribution >= 4 is 29.3 Å². The molecular formula is C22H27FN5OP. The van der Waals surface area contributed by atoms with Gasteiger partial charge in [0, 0.05) is 40.7 Å². The average molecular weight is 427 g/mol. The summed E-state index contributed by atoms with van der Waals surface area (Å²) >= 11 is 0. The van der Waals surface area contributed by atoms with Crippen LogP contribution in [0.2, 0.25) is 0 Å². The molecule has 0 spiro atoms. The highest BCUT2D eigenvalue weighted by atomic mass is 31.2. The first-order valence-electron chi connectivity index (χ1n) is 10.6. The van der Waals surface area contributed by atoms with Gasteiger partial charge in [-0.05, 0) is 69.7 Å². The lowest BCUT2D eigenvalue weighted by atomic mass is 10.0. The van der Waals surface area contributed by atoms with Gasteiger partial charge in [-0.25, -0.2) is 14.4 Å². The largest absolute Gasteiger partial charge is 0.357 e. The van der Waals surface area contributed by atoms with Crippen molar-refractivity contribution < 1.29 is 8.96 Å². The van der Waals surface area contributed by atoms with E-state index in [0.29, 0.717) is 17.3 Å². The molecule has 2 aliphatic rings. The van der Waals surface area contributed by atoms with E-state index < -0.39 is 7.14 Å². The van der Waals surface area contributed by atoms with Crippen molar-refractivity contribution in [3.8, 4) is 11.3 Å². The Labute approximate surface area is 175 Å². The van der Waals surface area contributed by atoms with Crippen LogP contribution >= 0.6 is 7.14 Å². The van der Waals surface area contributed by atoms with Crippen LogP contribution < -0.4 is 15.9 Å². The molecule has 0 radical (unpaired) electrons. The summed E-state index contributed by atoms with van der Waals surface area (Å²) in [5.74, 6) is 0.243. The van der Waals surface area contributed by atoms with E-state index in [0.717, 1.165) is 78.6 Å². The number of halogens is 1. The Morgan fingerprint density at radius 1 is 1.23 bits per heavy atom. The maximum absolute atomic E-state index is 14.6. The predicted molar refractivity (Wildman–Crippen MR) is 120 cm³/mol. The van der Waals surface area contributed by atoms with E-state index in [9.17, 15) is 8.96 Å². The molecule has 0 bridgehead atoms. The van der Waals surface area contributed by atoms with E-state index >= 15 is 0 Å². The van der Waals surface area contributed by atoms with Crippen LogP contribution in [-0.4, -0.2) is 47.4 Å².